The molecule has 3 aromatic heterocycles. The number of tetrazole rings is 1. The number of aryl methyl sites for hydroxylation is 1. The van der Waals surface area contributed by atoms with Gasteiger partial charge in [-0.25, -0.2) is 4.68 Å². The number of rotatable bonds is 7. The van der Waals surface area contributed by atoms with E-state index in [-0.39, 0.29) is 20.4 Å². The number of phenols is 2. The number of nitrogens with one attached hydrogen (secondary N) is 1. The number of aromatic hydroxyl groups is 2. The second-order valence-corrected chi connectivity index (χ2v) is 11.4. The summed E-state index contributed by atoms with van der Waals surface area (Å²) < 4.78 is 81.4. The molecule has 5 aromatic rings. The minimum atomic E-state index is -4.84. The summed E-state index contributed by atoms with van der Waals surface area (Å²) >= 11 is 20.0. The van der Waals surface area contributed by atoms with Crippen LogP contribution in [-0.2, 0) is 19.4 Å². The second kappa shape index (κ2) is 11.9. The molecule has 3 N–H and O–H groups in total. The third-order valence-corrected chi connectivity index (χ3v) is 8.65. The summed E-state index contributed by atoms with van der Waals surface area (Å²) in [5, 5.41) is 30.8. The van der Waals surface area contributed by atoms with E-state index < -0.39 is 79.8 Å². The van der Waals surface area contributed by atoms with Crippen LogP contribution in [0.1, 0.15) is 43.2 Å². The van der Waals surface area contributed by atoms with Crippen LogP contribution in [0.5, 0.6) is 11.5 Å². The fourth-order valence-corrected chi connectivity index (χ4v) is 5.79. The van der Waals surface area contributed by atoms with Crippen LogP contribution in [0.4, 0.5) is 26.3 Å². The average molecular weight is 726 g/mol. The molecule has 10 nitrogen and oxygen atoms in total. The number of H-pyrrole nitrogens is 1. The SMILES string of the molecule is Cn1nnnc1Sc1c(Cl)cc(C(=O)c2ccc(C(F)(F)F)cc2O)n1-c1c(C(=O)c2ccc(C(F)(F)F)cc2O)[nH]c(Cl)c1Cl. The average Bonchev–Trinajstić information content (AvgIpc) is 3.61. The van der Waals surface area contributed by atoms with Crippen molar-refractivity contribution in [3.8, 4) is 17.2 Å². The number of carbonyl (C=O) groups excluding carboxylic acids is 2. The second-order valence-electron chi connectivity index (χ2n) is 9.30. The Hall–Kier alpha value is -4.19. The maximum atomic E-state index is 13.8. The van der Waals surface area contributed by atoms with Crippen LogP contribution in [0.3, 0.4) is 0 Å². The normalized spacial score (nSPS) is 12.1. The molecule has 2 aromatic carbocycles. The van der Waals surface area contributed by atoms with Crippen LogP contribution in [-0.4, -0.2) is 51.5 Å². The number of hydrogen-bond donors (Lipinski definition) is 3. The number of halogens is 9. The van der Waals surface area contributed by atoms with Crippen LogP contribution in [0, 0.1) is 0 Å². The maximum Gasteiger partial charge on any atom is 0.416 e. The first kappa shape index (κ1) is 33.2. The van der Waals surface area contributed by atoms with Crippen molar-refractivity contribution in [2.75, 3.05) is 0 Å². The van der Waals surface area contributed by atoms with Crippen LogP contribution in [0.15, 0.2) is 52.6 Å². The molecular formula is C26H13Cl3F6N6O4S. The van der Waals surface area contributed by atoms with Crippen LogP contribution in [0.2, 0.25) is 15.2 Å². The number of ketones is 2. The largest absolute Gasteiger partial charge is 0.507 e. The summed E-state index contributed by atoms with van der Waals surface area (Å²) in [5.41, 5.74) is -5.11. The number of benzene rings is 2. The third-order valence-electron chi connectivity index (χ3n) is 6.38. The molecule has 0 atom stereocenters. The Kier molecular flexibility index (Phi) is 8.56. The first-order valence-electron chi connectivity index (χ1n) is 12.2. The molecule has 0 bridgehead atoms. The molecule has 0 aliphatic rings. The van der Waals surface area contributed by atoms with E-state index in [1.807, 2.05) is 0 Å². The molecule has 0 fully saturated rings. The summed E-state index contributed by atoms with van der Waals surface area (Å²) in [7, 11) is 1.46. The lowest BCUT2D eigenvalue weighted by Gasteiger charge is -2.15. The number of aromatic nitrogens is 6. The molecule has 0 amide bonds. The van der Waals surface area contributed by atoms with Crippen molar-refractivity contribution in [1.29, 1.82) is 0 Å². The first-order valence-corrected chi connectivity index (χ1v) is 14.1. The van der Waals surface area contributed by atoms with Crippen molar-refractivity contribution < 1.29 is 46.1 Å². The lowest BCUT2D eigenvalue weighted by Crippen LogP contribution is -2.14. The Morgan fingerprint density at radius 3 is 1.89 bits per heavy atom. The fraction of sp³-hybridized carbons (Fsp3) is 0.115. The van der Waals surface area contributed by atoms with E-state index in [1.54, 1.807) is 0 Å². The fourth-order valence-electron chi connectivity index (χ4n) is 4.22. The molecule has 0 spiro atoms. The van der Waals surface area contributed by atoms with E-state index in [0.29, 0.717) is 30.3 Å². The van der Waals surface area contributed by atoms with Gasteiger partial charge in [-0.1, -0.05) is 34.8 Å². The van der Waals surface area contributed by atoms with Gasteiger partial charge in [0.2, 0.25) is 16.7 Å². The van der Waals surface area contributed by atoms with E-state index in [2.05, 4.69) is 20.5 Å². The van der Waals surface area contributed by atoms with E-state index in [1.165, 1.54) is 11.7 Å². The quantitative estimate of drug-likeness (QED) is 0.117. The molecule has 0 radical (unpaired) electrons. The Labute approximate surface area is 271 Å². The molecule has 0 saturated heterocycles. The van der Waals surface area contributed by atoms with Gasteiger partial charge in [-0.15, -0.1) is 5.10 Å². The first-order chi connectivity index (χ1) is 21.4. The van der Waals surface area contributed by atoms with Gasteiger partial charge < -0.3 is 15.2 Å². The summed E-state index contributed by atoms with van der Waals surface area (Å²) in [5.74, 6) is -4.32. The highest BCUT2D eigenvalue weighted by Gasteiger charge is 2.36. The van der Waals surface area contributed by atoms with Crippen LogP contribution in [0.25, 0.3) is 5.69 Å². The molecule has 240 valence electrons. The van der Waals surface area contributed by atoms with Crippen LogP contribution >= 0.6 is 46.6 Å². The highest BCUT2D eigenvalue weighted by atomic mass is 35.5. The van der Waals surface area contributed by atoms with Gasteiger partial charge in [0.25, 0.3) is 0 Å². The number of nitrogens with zero attached hydrogens (tertiary/aromatic N) is 5. The van der Waals surface area contributed by atoms with Crippen LogP contribution < -0.4 is 0 Å². The predicted octanol–water partition coefficient (Wildman–Crippen LogP) is 7.35. The standard InChI is InChI=1S/C26H13Cl3F6N6O4S/c1-40-24(37-38-39-40)46-23-13(27)8-14(20(44)11-4-2-9(6-15(11)42)25(30,31)32)41(23)19-17(28)22(29)36-18(19)21(45)12-5-3-10(7-16(12)43)26(33,34)35/h2-8,36,42-43H,1H3. The van der Waals surface area contributed by atoms with E-state index in [4.69, 9.17) is 34.8 Å². The topological polar surface area (TPSA) is 139 Å². The molecule has 20 heteroatoms. The summed E-state index contributed by atoms with van der Waals surface area (Å²) in [6, 6.07) is 4.28. The highest BCUT2D eigenvalue weighted by Crippen LogP contribution is 2.44. The van der Waals surface area contributed by atoms with Gasteiger partial charge in [-0.05, 0) is 64.7 Å². The van der Waals surface area contributed by atoms with Gasteiger partial charge >= 0.3 is 12.4 Å². The molecule has 5 rings (SSSR count). The number of phenolic OH excluding ortho intramolecular Hbond substituents is 2. The van der Waals surface area contributed by atoms with Gasteiger partial charge in [-0.3, -0.25) is 14.2 Å². The zero-order chi connectivity index (χ0) is 33.9. The number of carbonyl (C=O) groups is 2. The van der Waals surface area contributed by atoms with Gasteiger partial charge in [0.05, 0.1) is 38.7 Å². The Balaban J connectivity index is 1.74. The molecular weight excluding hydrogens is 713 g/mol. The number of aromatic amines is 1. The third kappa shape index (κ3) is 6.02. The van der Waals surface area contributed by atoms with Gasteiger partial charge in [0.1, 0.15) is 32.4 Å². The van der Waals surface area contributed by atoms with Crippen molar-refractivity contribution in [2.45, 2.75) is 22.5 Å². The highest BCUT2D eigenvalue weighted by molar-refractivity contribution is 7.99. The van der Waals surface area contributed by atoms with Crippen molar-refractivity contribution in [1.82, 2.24) is 29.8 Å². The molecule has 0 aliphatic heterocycles. The molecule has 46 heavy (non-hydrogen) atoms. The number of alkyl halides is 6. The van der Waals surface area contributed by atoms with Crippen molar-refractivity contribution in [3.63, 3.8) is 0 Å². The van der Waals surface area contributed by atoms with Gasteiger partial charge in [0.15, 0.2) is 0 Å². The van der Waals surface area contributed by atoms with E-state index in [0.717, 1.165) is 28.5 Å². The van der Waals surface area contributed by atoms with Crippen molar-refractivity contribution >= 4 is 58.1 Å². The molecule has 0 aliphatic carbocycles. The van der Waals surface area contributed by atoms with E-state index >= 15 is 0 Å². The van der Waals surface area contributed by atoms with Crippen molar-refractivity contribution in [3.05, 3.63) is 91.3 Å². The summed E-state index contributed by atoms with van der Waals surface area (Å²) in [6.45, 7) is 0. The Bertz CT molecular complexity index is 2040. The molecule has 0 unspecified atom stereocenters. The molecule has 3 heterocycles. The lowest BCUT2D eigenvalue weighted by molar-refractivity contribution is -0.138. The monoisotopic (exact) mass is 724 g/mol. The lowest BCUT2D eigenvalue weighted by atomic mass is 10.0. The van der Waals surface area contributed by atoms with Crippen molar-refractivity contribution in [2.24, 2.45) is 7.05 Å². The summed E-state index contributed by atoms with van der Waals surface area (Å²) in [6.07, 6.45) is -9.68. The maximum absolute atomic E-state index is 13.8. The van der Waals surface area contributed by atoms with Gasteiger partial charge in [0, 0.05) is 7.05 Å². The zero-order valence-corrected chi connectivity index (χ0v) is 25.4. The van der Waals surface area contributed by atoms with Gasteiger partial charge in [-0.2, -0.15) is 26.3 Å². The Morgan fingerprint density at radius 1 is 0.870 bits per heavy atom. The summed E-state index contributed by atoms with van der Waals surface area (Å²) in [4.78, 5) is 30.0. The Morgan fingerprint density at radius 2 is 1.41 bits per heavy atom. The number of hydrogen-bond acceptors (Lipinski definition) is 8. The molecule has 0 saturated carbocycles. The predicted molar refractivity (Wildman–Crippen MR) is 151 cm³/mol. The minimum Gasteiger partial charge on any atom is -0.507 e. The minimum absolute atomic E-state index is 0.0856. The van der Waals surface area contributed by atoms with E-state index in [9.17, 15) is 46.1 Å². The zero-order valence-electron chi connectivity index (χ0n) is 22.3. The smallest absolute Gasteiger partial charge is 0.416 e.